The quantitative estimate of drug-likeness (QED) is 0.550. The zero-order valence-corrected chi connectivity index (χ0v) is 17.6. The third-order valence-corrected chi connectivity index (χ3v) is 6.19. The fraction of sp³-hybridized carbons (Fsp3) is 0.333. The number of ether oxygens (including phenoxy) is 2. The first-order chi connectivity index (χ1) is 14.2. The molecule has 3 rings (SSSR count). The van der Waals surface area contributed by atoms with Crippen molar-refractivity contribution in [1.29, 1.82) is 0 Å². The monoisotopic (exact) mass is 432 g/mol. The molecule has 1 aliphatic heterocycles. The number of carbonyl (C=O) groups is 2. The van der Waals surface area contributed by atoms with Gasteiger partial charge in [-0.3, -0.25) is 4.79 Å². The number of Topliss-reactive ketones (excluding diaryl/α,β-unsaturated/α-hetero) is 1. The summed E-state index contributed by atoms with van der Waals surface area (Å²) < 4.78 is 33.2. The number of primary sulfonamides is 1. The first-order valence-corrected chi connectivity index (χ1v) is 11.0. The van der Waals surface area contributed by atoms with Gasteiger partial charge in [-0.25, -0.2) is 18.4 Å². The molecule has 0 spiro atoms. The second-order valence-corrected chi connectivity index (χ2v) is 8.63. The van der Waals surface area contributed by atoms with E-state index in [9.17, 15) is 18.0 Å². The van der Waals surface area contributed by atoms with Crippen molar-refractivity contribution in [1.82, 2.24) is 0 Å². The average molecular weight is 432 g/mol. The predicted octanol–water partition coefficient (Wildman–Crippen LogP) is 2.23. The molecule has 2 aromatic rings. The van der Waals surface area contributed by atoms with Crippen molar-refractivity contribution < 1.29 is 27.5 Å². The predicted molar refractivity (Wildman–Crippen MR) is 111 cm³/mol. The van der Waals surface area contributed by atoms with E-state index < -0.39 is 16.0 Å². The highest BCUT2D eigenvalue weighted by molar-refractivity contribution is 7.89. The van der Waals surface area contributed by atoms with Crippen LogP contribution in [0, 0.1) is 5.92 Å². The first kappa shape index (κ1) is 21.8. The Morgan fingerprint density at radius 3 is 2.20 bits per heavy atom. The summed E-state index contributed by atoms with van der Waals surface area (Å²) in [6, 6.07) is 11.2. The molecule has 0 aromatic heterocycles. The van der Waals surface area contributed by atoms with Crippen LogP contribution in [0.4, 0.5) is 5.69 Å². The Morgan fingerprint density at radius 2 is 1.67 bits per heavy atom. The van der Waals surface area contributed by atoms with Crippen LogP contribution in [-0.4, -0.2) is 47.5 Å². The number of hydrogen-bond donors (Lipinski definition) is 1. The van der Waals surface area contributed by atoms with Gasteiger partial charge in [-0.15, -0.1) is 0 Å². The van der Waals surface area contributed by atoms with Crippen molar-refractivity contribution >= 4 is 27.5 Å². The Hall–Kier alpha value is -2.91. The highest BCUT2D eigenvalue weighted by Gasteiger charge is 2.28. The van der Waals surface area contributed by atoms with Gasteiger partial charge in [0.15, 0.2) is 5.78 Å². The number of hydrogen-bond acceptors (Lipinski definition) is 7. The van der Waals surface area contributed by atoms with Gasteiger partial charge in [-0.2, -0.15) is 0 Å². The number of nitrogens with zero attached hydrogens (tertiary/aromatic N) is 1. The topological polar surface area (TPSA) is 116 Å². The lowest BCUT2D eigenvalue weighted by molar-refractivity contribution is 0.0600. The van der Waals surface area contributed by atoms with Crippen molar-refractivity contribution in [3.05, 3.63) is 53.6 Å². The van der Waals surface area contributed by atoms with Gasteiger partial charge < -0.3 is 14.4 Å². The van der Waals surface area contributed by atoms with Crippen LogP contribution in [0.15, 0.2) is 47.4 Å². The van der Waals surface area contributed by atoms with Crippen LogP contribution >= 0.6 is 0 Å². The normalized spacial score (nSPS) is 15.0. The zero-order chi connectivity index (χ0) is 21.9. The van der Waals surface area contributed by atoms with Crippen LogP contribution in [0.1, 0.15) is 33.6 Å². The third kappa shape index (κ3) is 4.63. The minimum absolute atomic E-state index is 0.0788. The van der Waals surface area contributed by atoms with Gasteiger partial charge in [-0.05, 0) is 55.3 Å². The molecule has 0 saturated carbocycles. The van der Waals surface area contributed by atoms with Gasteiger partial charge in [0.2, 0.25) is 10.0 Å². The lowest BCUT2D eigenvalue weighted by Crippen LogP contribution is -2.37. The minimum Gasteiger partial charge on any atom is -0.497 e. The molecule has 160 valence electrons. The van der Waals surface area contributed by atoms with E-state index >= 15 is 0 Å². The Bertz CT molecular complexity index is 1040. The molecule has 0 atom stereocenters. The SMILES string of the molecule is COC(=O)c1cc(S(N)(=O)=O)ccc1N1CCC(C(=O)c2ccc(OC)cc2)CC1. The molecule has 9 heteroatoms. The fourth-order valence-corrected chi connectivity index (χ4v) is 4.15. The maximum absolute atomic E-state index is 12.8. The Labute approximate surface area is 175 Å². The third-order valence-electron chi connectivity index (χ3n) is 5.28. The molecule has 0 amide bonds. The van der Waals surface area contributed by atoms with E-state index in [1.54, 1.807) is 37.4 Å². The first-order valence-electron chi connectivity index (χ1n) is 9.43. The summed E-state index contributed by atoms with van der Waals surface area (Å²) in [5, 5.41) is 5.18. The van der Waals surface area contributed by atoms with Crippen LogP contribution in [0.3, 0.4) is 0 Å². The molecule has 0 aliphatic carbocycles. The molecule has 1 saturated heterocycles. The van der Waals surface area contributed by atoms with Gasteiger partial charge in [-0.1, -0.05) is 0 Å². The number of anilines is 1. The largest absolute Gasteiger partial charge is 0.497 e. The number of rotatable bonds is 6. The van der Waals surface area contributed by atoms with E-state index in [1.807, 2.05) is 4.90 Å². The molecule has 1 heterocycles. The standard InChI is InChI=1S/C21H24N2O6S/c1-28-16-5-3-14(4-6-16)20(24)15-9-11-23(12-10-15)19-8-7-17(30(22,26)27)13-18(19)21(25)29-2/h3-8,13,15H,9-12H2,1-2H3,(H2,22,26,27). The molecule has 2 N–H and O–H groups in total. The molecule has 1 fully saturated rings. The van der Waals surface area contributed by atoms with Gasteiger partial charge in [0.1, 0.15) is 5.75 Å². The van der Waals surface area contributed by atoms with Gasteiger partial charge in [0.05, 0.1) is 30.4 Å². The molecule has 0 radical (unpaired) electrons. The van der Waals surface area contributed by atoms with Crippen molar-refractivity contribution in [3.8, 4) is 5.75 Å². The number of methoxy groups -OCH3 is 2. The zero-order valence-electron chi connectivity index (χ0n) is 16.8. The maximum atomic E-state index is 12.8. The molecule has 1 aliphatic rings. The highest BCUT2D eigenvalue weighted by atomic mass is 32.2. The summed E-state index contributed by atoms with van der Waals surface area (Å²) in [5.41, 5.74) is 1.33. The van der Waals surface area contributed by atoms with E-state index in [1.165, 1.54) is 19.2 Å². The summed E-state index contributed by atoms with van der Waals surface area (Å²) in [6.45, 7) is 1.09. The van der Waals surface area contributed by atoms with Crippen LogP contribution in [0.2, 0.25) is 0 Å². The number of benzene rings is 2. The Balaban J connectivity index is 1.76. The number of carbonyl (C=O) groups excluding carboxylic acids is 2. The second kappa shape index (κ2) is 8.85. The van der Waals surface area contributed by atoms with E-state index in [0.29, 0.717) is 42.9 Å². The molecule has 0 unspecified atom stereocenters. The lowest BCUT2D eigenvalue weighted by atomic mass is 9.88. The number of piperidine rings is 1. The van der Waals surface area contributed by atoms with E-state index in [0.717, 1.165) is 0 Å². The van der Waals surface area contributed by atoms with E-state index in [4.69, 9.17) is 14.6 Å². The maximum Gasteiger partial charge on any atom is 0.340 e. The number of sulfonamides is 1. The van der Waals surface area contributed by atoms with Crippen molar-refractivity contribution in [2.24, 2.45) is 11.1 Å². The smallest absolute Gasteiger partial charge is 0.340 e. The summed E-state index contributed by atoms with van der Waals surface area (Å²) in [7, 11) is -1.14. The van der Waals surface area contributed by atoms with Crippen LogP contribution in [-0.2, 0) is 14.8 Å². The number of ketones is 1. The fourth-order valence-electron chi connectivity index (χ4n) is 3.61. The lowest BCUT2D eigenvalue weighted by Gasteiger charge is -2.34. The molecule has 2 aromatic carbocycles. The van der Waals surface area contributed by atoms with Gasteiger partial charge >= 0.3 is 5.97 Å². The summed E-state index contributed by atoms with van der Waals surface area (Å²) in [6.07, 6.45) is 1.23. The van der Waals surface area contributed by atoms with Crippen LogP contribution < -0.4 is 14.8 Å². The minimum atomic E-state index is -3.95. The molecular formula is C21H24N2O6S. The van der Waals surface area contributed by atoms with Gasteiger partial charge in [0, 0.05) is 24.6 Å². The van der Waals surface area contributed by atoms with Crippen LogP contribution in [0.25, 0.3) is 0 Å². The van der Waals surface area contributed by atoms with E-state index in [-0.39, 0.29) is 22.2 Å². The average Bonchev–Trinajstić information content (AvgIpc) is 2.77. The number of esters is 1. The van der Waals surface area contributed by atoms with Crippen molar-refractivity contribution in [2.75, 3.05) is 32.2 Å². The number of nitrogens with two attached hydrogens (primary N) is 1. The summed E-state index contributed by atoms with van der Waals surface area (Å²) >= 11 is 0. The van der Waals surface area contributed by atoms with Crippen molar-refractivity contribution in [2.45, 2.75) is 17.7 Å². The summed E-state index contributed by atoms with van der Waals surface area (Å²) in [5.74, 6) is 0.00145. The summed E-state index contributed by atoms with van der Waals surface area (Å²) in [4.78, 5) is 26.8. The van der Waals surface area contributed by atoms with Gasteiger partial charge in [0.25, 0.3) is 0 Å². The second-order valence-electron chi connectivity index (χ2n) is 7.07. The Kier molecular flexibility index (Phi) is 6.42. The highest BCUT2D eigenvalue weighted by Crippen LogP contribution is 2.30. The molecular weight excluding hydrogens is 408 g/mol. The van der Waals surface area contributed by atoms with E-state index in [2.05, 4.69) is 0 Å². The van der Waals surface area contributed by atoms with Crippen LogP contribution in [0.5, 0.6) is 5.75 Å². The molecule has 30 heavy (non-hydrogen) atoms. The molecule has 0 bridgehead atoms. The Morgan fingerprint density at radius 1 is 1.03 bits per heavy atom. The molecule has 8 nitrogen and oxygen atoms in total. The van der Waals surface area contributed by atoms with Crippen molar-refractivity contribution in [3.63, 3.8) is 0 Å².